The van der Waals surface area contributed by atoms with E-state index >= 15 is 0 Å². The van der Waals surface area contributed by atoms with E-state index in [0.717, 1.165) is 10.5 Å². The first-order chi connectivity index (χ1) is 8.90. The third-order valence-corrected chi connectivity index (χ3v) is 2.47. The van der Waals surface area contributed by atoms with E-state index in [-0.39, 0.29) is 0 Å². The Labute approximate surface area is 116 Å². The Morgan fingerprint density at radius 1 is 1.37 bits per heavy atom. The maximum atomic E-state index is 11.9. The minimum absolute atomic E-state index is 0.294. The molecule has 0 heterocycles. The lowest BCUT2D eigenvalue weighted by molar-refractivity contribution is -0.135. The SMILES string of the molecule is C=C(C)CNC(=O)N(CC(=O)O)c1ccc(Cl)cc1. The fourth-order valence-electron chi connectivity index (χ4n) is 1.36. The topological polar surface area (TPSA) is 69.6 Å². The van der Waals surface area contributed by atoms with E-state index in [4.69, 9.17) is 16.7 Å². The Balaban J connectivity index is 2.87. The van der Waals surface area contributed by atoms with Crippen LogP contribution in [0.5, 0.6) is 0 Å². The molecule has 0 spiro atoms. The number of carboxylic acid groups (broad SMARTS) is 1. The van der Waals surface area contributed by atoms with Gasteiger partial charge in [-0.2, -0.15) is 0 Å². The standard InChI is InChI=1S/C13H15ClN2O3/c1-9(2)7-15-13(19)16(8-12(17)18)11-5-3-10(14)4-6-11/h3-6H,1,7-8H2,2H3,(H,15,19)(H,17,18). The number of carbonyl (C=O) groups is 2. The summed E-state index contributed by atoms with van der Waals surface area (Å²) >= 11 is 5.76. The molecule has 6 heteroatoms. The third-order valence-electron chi connectivity index (χ3n) is 2.22. The predicted octanol–water partition coefficient (Wildman–Crippen LogP) is 2.52. The smallest absolute Gasteiger partial charge is 0.323 e. The summed E-state index contributed by atoms with van der Waals surface area (Å²) in [5.74, 6) is -1.10. The lowest BCUT2D eigenvalue weighted by Gasteiger charge is -2.21. The van der Waals surface area contributed by atoms with Gasteiger partial charge in [-0.3, -0.25) is 9.69 Å². The van der Waals surface area contributed by atoms with E-state index < -0.39 is 18.5 Å². The molecular formula is C13H15ClN2O3. The molecule has 0 saturated heterocycles. The van der Waals surface area contributed by atoms with Gasteiger partial charge in [-0.25, -0.2) is 4.79 Å². The summed E-state index contributed by atoms with van der Waals surface area (Å²) < 4.78 is 0. The van der Waals surface area contributed by atoms with Crippen LogP contribution in [0, 0.1) is 0 Å². The first kappa shape index (κ1) is 15.0. The molecule has 0 fully saturated rings. The largest absolute Gasteiger partial charge is 0.480 e. The number of anilines is 1. The summed E-state index contributed by atoms with van der Waals surface area (Å²) in [4.78, 5) is 23.9. The number of rotatable bonds is 5. The number of aliphatic carboxylic acids is 1. The average Bonchev–Trinajstić information content (AvgIpc) is 2.34. The molecule has 1 aromatic rings. The highest BCUT2D eigenvalue weighted by Gasteiger charge is 2.18. The third kappa shape index (κ3) is 5.01. The zero-order chi connectivity index (χ0) is 14.4. The number of nitrogens with zero attached hydrogens (tertiary/aromatic N) is 1. The van der Waals surface area contributed by atoms with Gasteiger partial charge in [-0.05, 0) is 31.2 Å². The van der Waals surface area contributed by atoms with Gasteiger partial charge in [-0.1, -0.05) is 23.8 Å². The van der Waals surface area contributed by atoms with Gasteiger partial charge in [0.05, 0.1) is 0 Å². The quantitative estimate of drug-likeness (QED) is 0.815. The Morgan fingerprint density at radius 2 is 1.95 bits per heavy atom. The van der Waals surface area contributed by atoms with Gasteiger partial charge >= 0.3 is 12.0 Å². The summed E-state index contributed by atoms with van der Waals surface area (Å²) in [6, 6.07) is 5.87. The molecule has 19 heavy (non-hydrogen) atoms. The van der Waals surface area contributed by atoms with Crippen molar-refractivity contribution in [1.29, 1.82) is 0 Å². The Morgan fingerprint density at radius 3 is 2.42 bits per heavy atom. The normalized spacial score (nSPS) is 9.79. The minimum atomic E-state index is -1.10. The van der Waals surface area contributed by atoms with Crippen LogP contribution in [-0.4, -0.2) is 30.2 Å². The van der Waals surface area contributed by atoms with Gasteiger partial charge in [0.15, 0.2) is 0 Å². The van der Waals surface area contributed by atoms with Crippen molar-refractivity contribution >= 4 is 29.3 Å². The van der Waals surface area contributed by atoms with Crippen LogP contribution < -0.4 is 10.2 Å². The number of hydrogen-bond donors (Lipinski definition) is 2. The molecule has 0 unspecified atom stereocenters. The van der Waals surface area contributed by atoms with Crippen molar-refractivity contribution in [3.8, 4) is 0 Å². The Kier molecular flexibility index (Phi) is 5.38. The average molecular weight is 283 g/mol. The van der Waals surface area contributed by atoms with Crippen molar-refractivity contribution in [2.45, 2.75) is 6.92 Å². The number of carboxylic acids is 1. The molecule has 2 amide bonds. The van der Waals surface area contributed by atoms with Crippen molar-refractivity contribution in [2.75, 3.05) is 18.0 Å². The molecule has 2 N–H and O–H groups in total. The Bertz CT molecular complexity index is 485. The van der Waals surface area contributed by atoms with Crippen molar-refractivity contribution in [2.24, 2.45) is 0 Å². The molecule has 5 nitrogen and oxygen atoms in total. The molecular weight excluding hydrogens is 268 g/mol. The number of hydrogen-bond acceptors (Lipinski definition) is 2. The van der Waals surface area contributed by atoms with Crippen molar-refractivity contribution in [3.63, 3.8) is 0 Å². The summed E-state index contributed by atoms with van der Waals surface area (Å²) in [5, 5.41) is 12.0. The molecule has 1 rings (SSSR count). The highest BCUT2D eigenvalue weighted by atomic mass is 35.5. The molecule has 0 aliphatic heterocycles. The molecule has 0 atom stereocenters. The number of amides is 2. The molecule has 1 aromatic carbocycles. The summed E-state index contributed by atoms with van der Waals surface area (Å²) in [5.41, 5.74) is 1.24. The minimum Gasteiger partial charge on any atom is -0.480 e. The van der Waals surface area contributed by atoms with E-state index in [2.05, 4.69) is 11.9 Å². The van der Waals surface area contributed by atoms with E-state index in [1.807, 2.05) is 0 Å². The van der Waals surface area contributed by atoms with Gasteiger partial charge < -0.3 is 10.4 Å². The molecule has 0 radical (unpaired) electrons. The number of urea groups is 1. The van der Waals surface area contributed by atoms with Gasteiger partial charge in [0, 0.05) is 17.3 Å². The van der Waals surface area contributed by atoms with Crippen LogP contribution in [0.25, 0.3) is 0 Å². The van der Waals surface area contributed by atoms with Crippen molar-refractivity contribution in [3.05, 3.63) is 41.4 Å². The fourth-order valence-corrected chi connectivity index (χ4v) is 1.48. The predicted molar refractivity (Wildman–Crippen MR) is 74.6 cm³/mol. The van der Waals surface area contributed by atoms with Crippen LogP contribution in [0.2, 0.25) is 5.02 Å². The Hall–Kier alpha value is -2.01. The van der Waals surface area contributed by atoms with E-state index in [9.17, 15) is 9.59 Å². The maximum absolute atomic E-state index is 11.9. The fraction of sp³-hybridized carbons (Fsp3) is 0.231. The zero-order valence-electron chi connectivity index (χ0n) is 10.5. The van der Waals surface area contributed by atoms with Gasteiger partial charge in [0.1, 0.15) is 6.54 Å². The summed E-state index contributed by atoms with van der Waals surface area (Å²) in [6.07, 6.45) is 0. The van der Waals surface area contributed by atoms with E-state index in [1.165, 1.54) is 0 Å². The van der Waals surface area contributed by atoms with Crippen LogP contribution in [0.1, 0.15) is 6.92 Å². The van der Waals surface area contributed by atoms with Crippen LogP contribution in [-0.2, 0) is 4.79 Å². The van der Waals surface area contributed by atoms with Gasteiger partial charge in [-0.15, -0.1) is 0 Å². The highest BCUT2D eigenvalue weighted by Crippen LogP contribution is 2.18. The molecule has 0 aliphatic carbocycles. The van der Waals surface area contributed by atoms with Crippen LogP contribution >= 0.6 is 11.6 Å². The summed E-state index contributed by atoms with van der Waals surface area (Å²) in [6.45, 7) is 5.30. The molecule has 0 saturated carbocycles. The number of halogens is 1. The highest BCUT2D eigenvalue weighted by molar-refractivity contribution is 6.30. The van der Waals surface area contributed by atoms with Crippen LogP contribution in [0.3, 0.4) is 0 Å². The van der Waals surface area contributed by atoms with Gasteiger partial charge in [0.2, 0.25) is 0 Å². The number of benzene rings is 1. The second kappa shape index (κ2) is 6.80. The van der Waals surface area contributed by atoms with Crippen molar-refractivity contribution in [1.82, 2.24) is 5.32 Å². The lowest BCUT2D eigenvalue weighted by atomic mass is 10.3. The lowest BCUT2D eigenvalue weighted by Crippen LogP contribution is -2.43. The first-order valence-corrected chi connectivity index (χ1v) is 5.95. The monoisotopic (exact) mass is 282 g/mol. The van der Waals surface area contributed by atoms with E-state index in [1.54, 1.807) is 31.2 Å². The molecule has 0 aliphatic rings. The first-order valence-electron chi connectivity index (χ1n) is 5.57. The molecule has 0 bridgehead atoms. The summed E-state index contributed by atoms with van der Waals surface area (Å²) in [7, 11) is 0. The number of nitrogens with one attached hydrogen (secondary N) is 1. The maximum Gasteiger partial charge on any atom is 0.323 e. The van der Waals surface area contributed by atoms with Crippen LogP contribution in [0.4, 0.5) is 10.5 Å². The van der Waals surface area contributed by atoms with Crippen molar-refractivity contribution < 1.29 is 14.7 Å². The molecule has 0 aromatic heterocycles. The van der Waals surface area contributed by atoms with E-state index in [0.29, 0.717) is 17.3 Å². The number of carbonyl (C=O) groups excluding carboxylic acids is 1. The second-order valence-electron chi connectivity index (χ2n) is 4.07. The molecule has 102 valence electrons. The zero-order valence-corrected chi connectivity index (χ0v) is 11.3. The van der Waals surface area contributed by atoms with Gasteiger partial charge in [0.25, 0.3) is 0 Å². The van der Waals surface area contributed by atoms with Crippen LogP contribution in [0.15, 0.2) is 36.4 Å². The second-order valence-corrected chi connectivity index (χ2v) is 4.51.